The van der Waals surface area contributed by atoms with E-state index in [2.05, 4.69) is 27.4 Å². The maximum atomic E-state index is 13.7. The first kappa shape index (κ1) is 19.7. The Morgan fingerprint density at radius 3 is 2.68 bits per heavy atom. The Labute approximate surface area is 151 Å². The molecule has 1 unspecified atom stereocenters. The number of halogens is 1. The van der Waals surface area contributed by atoms with Crippen molar-refractivity contribution in [2.75, 3.05) is 33.2 Å². The van der Waals surface area contributed by atoms with E-state index in [1.165, 1.54) is 38.9 Å². The normalized spacial score (nSPS) is 18.2. The van der Waals surface area contributed by atoms with Gasteiger partial charge in [0.2, 0.25) is 0 Å². The summed E-state index contributed by atoms with van der Waals surface area (Å²) in [6, 6.07) is 5.39. The number of nitrogens with zero attached hydrogens (tertiary/aromatic N) is 2. The van der Waals surface area contributed by atoms with Crippen LogP contribution < -0.4 is 10.6 Å². The minimum atomic E-state index is -0.160. The van der Waals surface area contributed by atoms with Gasteiger partial charge in [-0.05, 0) is 75.9 Å². The van der Waals surface area contributed by atoms with Crippen LogP contribution in [-0.4, -0.2) is 44.1 Å². The van der Waals surface area contributed by atoms with Gasteiger partial charge in [-0.15, -0.1) is 0 Å². The van der Waals surface area contributed by atoms with Crippen molar-refractivity contribution in [3.05, 3.63) is 35.1 Å². The Balaban J connectivity index is 1.75. The molecule has 140 valence electrons. The summed E-state index contributed by atoms with van der Waals surface area (Å²) in [6.07, 6.45) is 3.76. The standard InChI is InChI=1S/C20H33FN4/c1-5-25-12-9-17(10-13-25)8-11-23-20(22-4)24-16(3)18-7-6-15(2)19(21)14-18/h6-7,14,16-17H,5,8-13H2,1-4H3,(H2,22,23,24). The fourth-order valence-electron chi connectivity index (χ4n) is 3.35. The number of aryl methyl sites for hydroxylation is 1. The molecule has 5 heteroatoms. The van der Waals surface area contributed by atoms with Crippen LogP contribution in [0.5, 0.6) is 0 Å². The number of guanidine groups is 1. The van der Waals surface area contributed by atoms with E-state index in [0.29, 0.717) is 5.56 Å². The van der Waals surface area contributed by atoms with Gasteiger partial charge < -0.3 is 15.5 Å². The van der Waals surface area contributed by atoms with E-state index in [1.54, 1.807) is 20.0 Å². The molecular weight excluding hydrogens is 315 g/mol. The summed E-state index contributed by atoms with van der Waals surface area (Å²) in [4.78, 5) is 6.81. The van der Waals surface area contributed by atoms with Crippen LogP contribution >= 0.6 is 0 Å². The van der Waals surface area contributed by atoms with Crippen LogP contribution in [0.3, 0.4) is 0 Å². The molecule has 1 aromatic carbocycles. The van der Waals surface area contributed by atoms with E-state index in [4.69, 9.17) is 0 Å². The van der Waals surface area contributed by atoms with Gasteiger partial charge in [0, 0.05) is 13.6 Å². The summed E-state index contributed by atoms with van der Waals surface area (Å²) >= 11 is 0. The van der Waals surface area contributed by atoms with Crippen molar-refractivity contribution in [2.24, 2.45) is 10.9 Å². The van der Waals surface area contributed by atoms with Gasteiger partial charge in [-0.2, -0.15) is 0 Å². The van der Waals surface area contributed by atoms with E-state index >= 15 is 0 Å². The van der Waals surface area contributed by atoms with Crippen LogP contribution in [0, 0.1) is 18.7 Å². The molecule has 0 radical (unpaired) electrons. The lowest BCUT2D eigenvalue weighted by Crippen LogP contribution is -2.40. The fraction of sp³-hybridized carbons (Fsp3) is 0.650. The Morgan fingerprint density at radius 2 is 2.08 bits per heavy atom. The van der Waals surface area contributed by atoms with Crippen molar-refractivity contribution in [1.82, 2.24) is 15.5 Å². The van der Waals surface area contributed by atoms with Gasteiger partial charge in [0.25, 0.3) is 0 Å². The second-order valence-electron chi connectivity index (χ2n) is 7.04. The minimum Gasteiger partial charge on any atom is -0.356 e. The molecule has 25 heavy (non-hydrogen) atoms. The van der Waals surface area contributed by atoms with E-state index in [-0.39, 0.29) is 11.9 Å². The van der Waals surface area contributed by atoms with Crippen molar-refractivity contribution in [2.45, 2.75) is 46.1 Å². The maximum Gasteiger partial charge on any atom is 0.191 e. The van der Waals surface area contributed by atoms with Gasteiger partial charge in [-0.1, -0.05) is 19.1 Å². The highest BCUT2D eigenvalue weighted by Gasteiger charge is 2.17. The molecule has 1 aromatic rings. The van der Waals surface area contributed by atoms with Crippen LogP contribution in [0.4, 0.5) is 4.39 Å². The summed E-state index contributed by atoms with van der Waals surface area (Å²) in [5.74, 6) is 1.42. The van der Waals surface area contributed by atoms with Crippen LogP contribution in [0.25, 0.3) is 0 Å². The van der Waals surface area contributed by atoms with Crippen molar-refractivity contribution < 1.29 is 4.39 Å². The van der Waals surface area contributed by atoms with Crippen molar-refractivity contribution in [1.29, 1.82) is 0 Å². The molecule has 0 spiro atoms. The van der Waals surface area contributed by atoms with Gasteiger partial charge in [0.1, 0.15) is 5.82 Å². The van der Waals surface area contributed by atoms with Crippen LogP contribution in [0.2, 0.25) is 0 Å². The third kappa shape index (κ3) is 5.99. The second-order valence-corrected chi connectivity index (χ2v) is 7.04. The molecule has 1 saturated heterocycles. The smallest absolute Gasteiger partial charge is 0.191 e. The van der Waals surface area contributed by atoms with Gasteiger partial charge in [0.15, 0.2) is 5.96 Å². The van der Waals surface area contributed by atoms with Gasteiger partial charge in [-0.25, -0.2) is 4.39 Å². The number of piperidine rings is 1. The lowest BCUT2D eigenvalue weighted by Gasteiger charge is -2.31. The number of benzene rings is 1. The Hall–Kier alpha value is -1.62. The average Bonchev–Trinajstić information content (AvgIpc) is 2.63. The zero-order valence-electron chi connectivity index (χ0n) is 16.1. The zero-order chi connectivity index (χ0) is 18.2. The van der Waals surface area contributed by atoms with Gasteiger partial charge in [-0.3, -0.25) is 4.99 Å². The molecule has 1 aliphatic rings. The van der Waals surface area contributed by atoms with Gasteiger partial charge >= 0.3 is 0 Å². The van der Waals surface area contributed by atoms with Crippen LogP contribution in [0.15, 0.2) is 23.2 Å². The molecule has 1 atom stereocenters. The molecule has 0 aliphatic carbocycles. The Morgan fingerprint density at radius 1 is 1.36 bits per heavy atom. The monoisotopic (exact) mass is 348 g/mol. The van der Waals surface area contributed by atoms with E-state index < -0.39 is 0 Å². The number of likely N-dealkylation sites (tertiary alicyclic amines) is 1. The Bertz CT molecular complexity index is 565. The van der Waals surface area contributed by atoms with Crippen LogP contribution in [0.1, 0.15) is 50.3 Å². The van der Waals surface area contributed by atoms with Crippen molar-refractivity contribution >= 4 is 5.96 Å². The molecule has 2 N–H and O–H groups in total. The number of rotatable bonds is 6. The highest BCUT2D eigenvalue weighted by molar-refractivity contribution is 5.80. The molecule has 1 aliphatic heterocycles. The lowest BCUT2D eigenvalue weighted by molar-refractivity contribution is 0.187. The van der Waals surface area contributed by atoms with E-state index in [0.717, 1.165) is 24.0 Å². The number of hydrogen-bond acceptors (Lipinski definition) is 2. The third-order valence-electron chi connectivity index (χ3n) is 5.27. The number of hydrogen-bond donors (Lipinski definition) is 2. The SMILES string of the molecule is CCN1CCC(CCNC(=NC)NC(C)c2ccc(C)c(F)c2)CC1. The quantitative estimate of drug-likeness (QED) is 0.611. The largest absolute Gasteiger partial charge is 0.356 e. The summed E-state index contributed by atoms with van der Waals surface area (Å²) in [7, 11) is 1.78. The summed E-state index contributed by atoms with van der Waals surface area (Å²) in [5.41, 5.74) is 1.60. The zero-order valence-corrected chi connectivity index (χ0v) is 16.1. The lowest BCUT2D eigenvalue weighted by atomic mass is 9.93. The molecule has 1 heterocycles. The highest BCUT2D eigenvalue weighted by Crippen LogP contribution is 2.19. The number of aliphatic imine (C=N–C) groups is 1. The predicted octanol–water partition coefficient (Wildman–Crippen LogP) is 3.48. The first-order chi connectivity index (χ1) is 12.0. The highest BCUT2D eigenvalue weighted by atomic mass is 19.1. The number of nitrogens with one attached hydrogen (secondary N) is 2. The molecule has 0 aromatic heterocycles. The van der Waals surface area contributed by atoms with Crippen molar-refractivity contribution in [3.63, 3.8) is 0 Å². The van der Waals surface area contributed by atoms with E-state index in [1.807, 2.05) is 19.1 Å². The molecule has 1 fully saturated rings. The first-order valence-electron chi connectivity index (χ1n) is 9.49. The molecule has 0 saturated carbocycles. The van der Waals surface area contributed by atoms with Gasteiger partial charge in [0.05, 0.1) is 6.04 Å². The summed E-state index contributed by atoms with van der Waals surface area (Å²) in [5, 5.41) is 6.75. The maximum absolute atomic E-state index is 13.7. The topological polar surface area (TPSA) is 39.7 Å². The molecule has 0 bridgehead atoms. The Kier molecular flexibility index (Phi) is 7.69. The second kappa shape index (κ2) is 9.76. The average molecular weight is 349 g/mol. The van der Waals surface area contributed by atoms with Crippen LogP contribution in [-0.2, 0) is 0 Å². The van der Waals surface area contributed by atoms with Crippen molar-refractivity contribution in [3.8, 4) is 0 Å². The summed E-state index contributed by atoms with van der Waals surface area (Å²) in [6.45, 7) is 10.6. The van der Waals surface area contributed by atoms with E-state index in [9.17, 15) is 4.39 Å². The molecule has 0 amide bonds. The molecule has 2 rings (SSSR count). The first-order valence-corrected chi connectivity index (χ1v) is 9.49. The third-order valence-corrected chi connectivity index (χ3v) is 5.27. The summed E-state index contributed by atoms with van der Waals surface area (Å²) < 4.78 is 13.7. The predicted molar refractivity (Wildman–Crippen MR) is 104 cm³/mol. The molecule has 4 nitrogen and oxygen atoms in total. The minimum absolute atomic E-state index is 0.00842. The molecular formula is C20H33FN4. The fourth-order valence-corrected chi connectivity index (χ4v) is 3.35.